The number of benzene rings is 1. The van der Waals surface area contributed by atoms with E-state index in [1.165, 1.54) is 0 Å². The molecule has 1 saturated heterocycles. The van der Waals surface area contributed by atoms with E-state index in [9.17, 15) is 9.90 Å². The summed E-state index contributed by atoms with van der Waals surface area (Å²) in [6.07, 6.45) is 0. The quantitative estimate of drug-likeness (QED) is 0.785. The SMILES string of the molecule is CC(=O)c1ccc(N2C(C)CNCC2CO)cc1. The summed E-state index contributed by atoms with van der Waals surface area (Å²) >= 11 is 0. The van der Waals surface area contributed by atoms with Gasteiger partial charge in [-0.3, -0.25) is 4.79 Å². The van der Waals surface area contributed by atoms with Crippen molar-refractivity contribution in [2.75, 3.05) is 24.6 Å². The number of carbonyl (C=O) groups excluding carboxylic acids is 1. The molecule has 0 bridgehead atoms. The molecule has 2 atom stereocenters. The maximum Gasteiger partial charge on any atom is 0.159 e. The van der Waals surface area contributed by atoms with Gasteiger partial charge in [-0.1, -0.05) is 0 Å². The van der Waals surface area contributed by atoms with E-state index in [0.717, 1.165) is 24.3 Å². The molecule has 2 rings (SSSR count). The fraction of sp³-hybridized carbons (Fsp3) is 0.500. The lowest BCUT2D eigenvalue weighted by Gasteiger charge is -2.42. The van der Waals surface area contributed by atoms with Crippen LogP contribution in [0.2, 0.25) is 0 Å². The number of ketones is 1. The molecule has 0 saturated carbocycles. The van der Waals surface area contributed by atoms with Gasteiger partial charge in [0.25, 0.3) is 0 Å². The maximum atomic E-state index is 11.3. The van der Waals surface area contributed by atoms with Crippen molar-refractivity contribution in [2.24, 2.45) is 0 Å². The van der Waals surface area contributed by atoms with E-state index in [4.69, 9.17) is 0 Å². The van der Waals surface area contributed by atoms with Crippen molar-refractivity contribution in [3.05, 3.63) is 29.8 Å². The Hall–Kier alpha value is -1.39. The summed E-state index contributed by atoms with van der Waals surface area (Å²) in [5.74, 6) is 0.0774. The van der Waals surface area contributed by atoms with Gasteiger partial charge in [0.1, 0.15) is 0 Å². The molecular weight excluding hydrogens is 228 g/mol. The smallest absolute Gasteiger partial charge is 0.159 e. The van der Waals surface area contributed by atoms with Gasteiger partial charge in [-0.05, 0) is 38.1 Å². The van der Waals surface area contributed by atoms with Gasteiger partial charge in [-0.25, -0.2) is 0 Å². The van der Waals surface area contributed by atoms with E-state index >= 15 is 0 Å². The predicted molar refractivity (Wildman–Crippen MR) is 72.1 cm³/mol. The third-order valence-electron chi connectivity index (χ3n) is 3.47. The van der Waals surface area contributed by atoms with Crippen LogP contribution in [0.4, 0.5) is 5.69 Å². The minimum absolute atomic E-state index is 0.0774. The zero-order valence-electron chi connectivity index (χ0n) is 10.9. The van der Waals surface area contributed by atoms with Gasteiger partial charge in [0, 0.05) is 30.4 Å². The van der Waals surface area contributed by atoms with E-state index in [2.05, 4.69) is 17.1 Å². The minimum Gasteiger partial charge on any atom is -0.394 e. The lowest BCUT2D eigenvalue weighted by atomic mass is 10.1. The second-order valence-electron chi connectivity index (χ2n) is 4.85. The second-order valence-corrected chi connectivity index (χ2v) is 4.85. The van der Waals surface area contributed by atoms with Crippen LogP contribution in [-0.2, 0) is 0 Å². The van der Waals surface area contributed by atoms with Crippen molar-refractivity contribution in [3.8, 4) is 0 Å². The molecule has 4 heteroatoms. The average molecular weight is 248 g/mol. The van der Waals surface area contributed by atoms with Crippen LogP contribution in [0, 0.1) is 0 Å². The molecule has 2 N–H and O–H groups in total. The van der Waals surface area contributed by atoms with Crippen molar-refractivity contribution in [2.45, 2.75) is 25.9 Å². The van der Waals surface area contributed by atoms with Gasteiger partial charge in [0.05, 0.1) is 12.6 Å². The molecule has 1 aromatic rings. The lowest BCUT2D eigenvalue weighted by molar-refractivity contribution is 0.101. The molecule has 1 fully saturated rings. The molecule has 0 amide bonds. The Morgan fingerprint density at radius 1 is 1.39 bits per heavy atom. The number of hydrogen-bond donors (Lipinski definition) is 2. The topological polar surface area (TPSA) is 52.6 Å². The van der Waals surface area contributed by atoms with E-state index in [1.807, 2.05) is 24.3 Å². The Balaban J connectivity index is 2.24. The fourth-order valence-corrected chi connectivity index (χ4v) is 2.50. The Kier molecular flexibility index (Phi) is 3.99. The molecule has 0 spiro atoms. The van der Waals surface area contributed by atoms with Gasteiger partial charge >= 0.3 is 0 Å². The molecule has 18 heavy (non-hydrogen) atoms. The first-order valence-corrected chi connectivity index (χ1v) is 6.34. The van der Waals surface area contributed by atoms with Crippen LogP contribution in [0.25, 0.3) is 0 Å². The number of anilines is 1. The van der Waals surface area contributed by atoms with Crippen LogP contribution in [0.5, 0.6) is 0 Å². The van der Waals surface area contributed by atoms with Gasteiger partial charge in [-0.2, -0.15) is 0 Å². The van der Waals surface area contributed by atoms with Crippen LogP contribution in [0.15, 0.2) is 24.3 Å². The first kappa shape index (κ1) is 13.1. The average Bonchev–Trinajstić information content (AvgIpc) is 2.38. The van der Waals surface area contributed by atoms with Gasteiger partial charge in [0.15, 0.2) is 5.78 Å². The second kappa shape index (κ2) is 5.50. The summed E-state index contributed by atoms with van der Waals surface area (Å²) in [4.78, 5) is 13.5. The number of nitrogens with one attached hydrogen (secondary N) is 1. The largest absolute Gasteiger partial charge is 0.394 e. The summed E-state index contributed by atoms with van der Waals surface area (Å²) < 4.78 is 0. The third kappa shape index (κ3) is 2.54. The monoisotopic (exact) mass is 248 g/mol. The predicted octanol–water partition coefficient (Wildman–Crippen LogP) is 1.05. The van der Waals surface area contributed by atoms with Crippen LogP contribution in [0.3, 0.4) is 0 Å². The van der Waals surface area contributed by atoms with Crippen LogP contribution < -0.4 is 10.2 Å². The van der Waals surface area contributed by atoms with E-state index in [1.54, 1.807) is 6.92 Å². The maximum absolute atomic E-state index is 11.3. The Labute approximate surface area is 108 Å². The van der Waals surface area contributed by atoms with Gasteiger partial charge in [0.2, 0.25) is 0 Å². The summed E-state index contributed by atoms with van der Waals surface area (Å²) in [5, 5.41) is 12.8. The number of nitrogens with zero attached hydrogens (tertiary/aromatic N) is 1. The van der Waals surface area contributed by atoms with Crippen molar-refractivity contribution >= 4 is 11.5 Å². The van der Waals surface area contributed by atoms with Crippen molar-refractivity contribution in [1.29, 1.82) is 0 Å². The highest BCUT2D eigenvalue weighted by Gasteiger charge is 2.27. The highest BCUT2D eigenvalue weighted by molar-refractivity contribution is 5.94. The lowest BCUT2D eigenvalue weighted by Crippen LogP contribution is -2.58. The number of rotatable bonds is 3. The van der Waals surface area contributed by atoms with Gasteiger partial charge in [-0.15, -0.1) is 0 Å². The molecule has 1 aliphatic heterocycles. The number of piperazine rings is 1. The zero-order chi connectivity index (χ0) is 13.1. The molecule has 0 aliphatic carbocycles. The molecule has 0 aromatic heterocycles. The fourth-order valence-electron chi connectivity index (χ4n) is 2.50. The Morgan fingerprint density at radius 3 is 2.61 bits per heavy atom. The molecule has 1 aliphatic rings. The normalized spacial score (nSPS) is 24.1. The number of Topliss-reactive ketones (excluding diaryl/α,β-unsaturated/α-hetero) is 1. The molecular formula is C14H20N2O2. The van der Waals surface area contributed by atoms with Crippen molar-refractivity contribution < 1.29 is 9.90 Å². The molecule has 2 unspecified atom stereocenters. The van der Waals surface area contributed by atoms with Crippen LogP contribution in [-0.4, -0.2) is 42.7 Å². The van der Waals surface area contributed by atoms with E-state index < -0.39 is 0 Å². The Morgan fingerprint density at radius 2 is 2.06 bits per heavy atom. The highest BCUT2D eigenvalue weighted by Crippen LogP contribution is 2.22. The number of aliphatic hydroxyl groups excluding tert-OH is 1. The molecule has 4 nitrogen and oxygen atoms in total. The van der Waals surface area contributed by atoms with E-state index in [0.29, 0.717) is 6.04 Å². The third-order valence-corrected chi connectivity index (χ3v) is 3.47. The molecule has 0 radical (unpaired) electrons. The zero-order valence-corrected chi connectivity index (χ0v) is 10.9. The summed E-state index contributed by atoms with van der Waals surface area (Å²) in [7, 11) is 0. The first-order valence-electron chi connectivity index (χ1n) is 6.34. The van der Waals surface area contributed by atoms with Crippen LogP contribution in [0.1, 0.15) is 24.2 Å². The number of aliphatic hydroxyl groups is 1. The molecule has 1 aromatic carbocycles. The minimum atomic E-state index is 0.0774. The van der Waals surface area contributed by atoms with Gasteiger partial charge < -0.3 is 15.3 Å². The summed E-state index contributed by atoms with van der Waals surface area (Å²) in [6.45, 7) is 5.53. The standard InChI is InChI=1S/C14H20N2O2/c1-10-7-15-8-14(9-17)16(10)13-5-3-12(4-6-13)11(2)18/h3-6,10,14-15,17H,7-9H2,1-2H3. The molecule has 1 heterocycles. The first-order chi connectivity index (χ1) is 8.63. The number of carbonyl (C=O) groups is 1. The van der Waals surface area contributed by atoms with E-state index in [-0.39, 0.29) is 18.4 Å². The number of hydrogen-bond acceptors (Lipinski definition) is 4. The molecule has 98 valence electrons. The van der Waals surface area contributed by atoms with Crippen LogP contribution >= 0.6 is 0 Å². The summed E-state index contributed by atoms with van der Waals surface area (Å²) in [5.41, 5.74) is 1.79. The Bertz CT molecular complexity index is 416. The highest BCUT2D eigenvalue weighted by atomic mass is 16.3. The van der Waals surface area contributed by atoms with Crippen molar-refractivity contribution in [1.82, 2.24) is 5.32 Å². The summed E-state index contributed by atoms with van der Waals surface area (Å²) in [6, 6.07) is 8.04. The van der Waals surface area contributed by atoms with Crippen molar-refractivity contribution in [3.63, 3.8) is 0 Å².